The molecular weight excluding hydrogens is 328 g/mol. The maximum absolute atomic E-state index is 12.0. The molecule has 0 aliphatic carbocycles. The number of nitrogens with two attached hydrogens (primary N) is 1. The lowest BCUT2D eigenvalue weighted by Gasteiger charge is -2.30. The van der Waals surface area contributed by atoms with Crippen molar-refractivity contribution in [3.8, 4) is 0 Å². The molecule has 0 fully saturated rings. The highest BCUT2D eigenvalue weighted by molar-refractivity contribution is 9.10. The van der Waals surface area contributed by atoms with Crippen LogP contribution in [-0.2, 0) is 11.3 Å². The van der Waals surface area contributed by atoms with E-state index in [1.54, 1.807) is 0 Å². The molecule has 1 unspecified atom stereocenters. The zero-order chi connectivity index (χ0) is 15.9. The Bertz CT molecular complexity index is 454. The molecule has 4 heteroatoms. The molecule has 0 saturated heterocycles. The first-order chi connectivity index (χ1) is 9.84. The van der Waals surface area contributed by atoms with Gasteiger partial charge in [-0.15, -0.1) is 0 Å². The van der Waals surface area contributed by atoms with Gasteiger partial charge in [0.2, 0.25) is 5.91 Å². The summed E-state index contributed by atoms with van der Waals surface area (Å²) in [5.74, 6) is 0.591. The lowest BCUT2D eigenvalue weighted by molar-refractivity contribution is -0.121. The monoisotopic (exact) mass is 354 g/mol. The third kappa shape index (κ3) is 6.62. The summed E-state index contributed by atoms with van der Waals surface area (Å²) in [6.07, 6.45) is 2.43. The van der Waals surface area contributed by atoms with Gasteiger partial charge in [0.05, 0.1) is 0 Å². The van der Waals surface area contributed by atoms with Crippen molar-refractivity contribution >= 4 is 21.8 Å². The van der Waals surface area contributed by atoms with Gasteiger partial charge in [-0.3, -0.25) is 4.79 Å². The van der Waals surface area contributed by atoms with E-state index in [0.717, 1.165) is 22.9 Å². The van der Waals surface area contributed by atoms with Crippen LogP contribution in [0.2, 0.25) is 0 Å². The molecule has 21 heavy (non-hydrogen) atoms. The smallest absolute Gasteiger partial charge is 0.220 e. The molecule has 1 aromatic rings. The molecule has 1 rings (SSSR count). The van der Waals surface area contributed by atoms with Gasteiger partial charge in [-0.2, -0.15) is 0 Å². The largest absolute Gasteiger partial charge is 0.352 e. The minimum Gasteiger partial charge on any atom is -0.352 e. The van der Waals surface area contributed by atoms with Gasteiger partial charge in [-0.1, -0.05) is 54.9 Å². The molecule has 0 aliphatic rings. The Labute approximate surface area is 136 Å². The van der Waals surface area contributed by atoms with Crippen molar-refractivity contribution in [2.75, 3.05) is 6.54 Å². The predicted molar refractivity (Wildman–Crippen MR) is 91.8 cm³/mol. The zero-order valence-electron chi connectivity index (χ0n) is 13.3. The van der Waals surface area contributed by atoms with E-state index >= 15 is 0 Å². The molecule has 0 bridgehead atoms. The van der Waals surface area contributed by atoms with E-state index in [4.69, 9.17) is 5.73 Å². The first-order valence-electron chi connectivity index (χ1n) is 7.54. The van der Waals surface area contributed by atoms with E-state index in [1.165, 1.54) is 0 Å². The average molecular weight is 355 g/mol. The van der Waals surface area contributed by atoms with Crippen molar-refractivity contribution in [3.05, 3.63) is 34.3 Å². The Morgan fingerprint density at radius 1 is 1.29 bits per heavy atom. The highest BCUT2D eigenvalue weighted by Crippen LogP contribution is 2.32. The predicted octanol–water partition coefficient (Wildman–Crippen LogP) is 3.86. The normalized spacial score (nSPS) is 13.0. The van der Waals surface area contributed by atoms with Crippen molar-refractivity contribution in [1.29, 1.82) is 0 Å². The maximum atomic E-state index is 12.0. The fraction of sp³-hybridized carbons (Fsp3) is 0.588. The lowest BCUT2D eigenvalue weighted by atomic mass is 9.76. The van der Waals surface area contributed by atoms with Crippen LogP contribution < -0.4 is 11.1 Å². The number of halogens is 1. The van der Waals surface area contributed by atoms with Crippen LogP contribution in [0.3, 0.4) is 0 Å². The van der Waals surface area contributed by atoms with E-state index < -0.39 is 0 Å². The molecule has 0 aromatic heterocycles. The molecule has 0 spiro atoms. The molecule has 1 aromatic carbocycles. The van der Waals surface area contributed by atoms with Crippen LogP contribution in [0.4, 0.5) is 0 Å². The van der Waals surface area contributed by atoms with E-state index in [9.17, 15) is 4.79 Å². The van der Waals surface area contributed by atoms with Gasteiger partial charge in [-0.05, 0) is 42.3 Å². The highest BCUT2D eigenvalue weighted by atomic mass is 79.9. The summed E-state index contributed by atoms with van der Waals surface area (Å²) in [5, 5.41) is 2.99. The summed E-state index contributed by atoms with van der Waals surface area (Å²) in [7, 11) is 0. The van der Waals surface area contributed by atoms with Crippen LogP contribution in [0.15, 0.2) is 28.7 Å². The lowest BCUT2D eigenvalue weighted by Crippen LogP contribution is -2.27. The molecule has 3 nitrogen and oxygen atoms in total. The molecule has 3 N–H and O–H groups in total. The van der Waals surface area contributed by atoms with Crippen molar-refractivity contribution in [2.45, 2.75) is 46.6 Å². The van der Waals surface area contributed by atoms with Gasteiger partial charge >= 0.3 is 0 Å². The van der Waals surface area contributed by atoms with E-state index in [2.05, 4.69) is 42.0 Å². The van der Waals surface area contributed by atoms with E-state index in [1.807, 2.05) is 24.3 Å². The Hall–Kier alpha value is -0.870. The summed E-state index contributed by atoms with van der Waals surface area (Å²) >= 11 is 3.49. The summed E-state index contributed by atoms with van der Waals surface area (Å²) in [6, 6.07) is 7.94. The number of benzene rings is 1. The van der Waals surface area contributed by atoms with Crippen molar-refractivity contribution in [1.82, 2.24) is 5.32 Å². The number of carbonyl (C=O) groups is 1. The van der Waals surface area contributed by atoms with Crippen LogP contribution in [0.1, 0.15) is 45.6 Å². The Kier molecular flexibility index (Phi) is 7.40. The van der Waals surface area contributed by atoms with Crippen molar-refractivity contribution < 1.29 is 4.79 Å². The van der Waals surface area contributed by atoms with Crippen molar-refractivity contribution in [2.24, 2.45) is 17.1 Å². The topological polar surface area (TPSA) is 55.1 Å². The molecule has 118 valence electrons. The van der Waals surface area contributed by atoms with Gasteiger partial charge in [0.15, 0.2) is 0 Å². The standard InChI is InChI=1S/C17H27BrN2O/c1-17(2,3)14(10-11-19)8-9-16(21)20-12-13-6-4-5-7-15(13)18/h4-7,14H,8-12,19H2,1-3H3,(H,20,21). The third-order valence-corrected chi connectivity index (χ3v) is 4.67. The Morgan fingerprint density at radius 3 is 2.52 bits per heavy atom. The molecule has 0 saturated carbocycles. The van der Waals surface area contributed by atoms with Gasteiger partial charge in [-0.25, -0.2) is 0 Å². The number of nitrogens with one attached hydrogen (secondary N) is 1. The summed E-state index contributed by atoms with van der Waals surface area (Å²) < 4.78 is 1.03. The molecular formula is C17H27BrN2O. The summed E-state index contributed by atoms with van der Waals surface area (Å²) in [4.78, 5) is 12.0. The van der Waals surface area contributed by atoms with Crippen molar-refractivity contribution in [3.63, 3.8) is 0 Å². The SMILES string of the molecule is CC(C)(C)C(CCN)CCC(=O)NCc1ccccc1Br. The summed E-state index contributed by atoms with van der Waals surface area (Å²) in [5.41, 5.74) is 6.97. The van der Waals surface area contributed by atoms with Gasteiger partial charge in [0.25, 0.3) is 0 Å². The van der Waals surface area contributed by atoms with Crippen LogP contribution in [0.5, 0.6) is 0 Å². The fourth-order valence-corrected chi connectivity index (χ4v) is 2.87. The molecule has 0 heterocycles. The number of hydrogen-bond donors (Lipinski definition) is 2. The molecule has 1 atom stereocenters. The fourth-order valence-electron chi connectivity index (χ4n) is 2.44. The van der Waals surface area contributed by atoms with Crippen LogP contribution >= 0.6 is 15.9 Å². The number of amides is 1. The highest BCUT2D eigenvalue weighted by Gasteiger charge is 2.24. The second-order valence-electron chi connectivity index (χ2n) is 6.55. The van der Waals surface area contributed by atoms with Crippen LogP contribution in [0.25, 0.3) is 0 Å². The minimum absolute atomic E-state index is 0.108. The molecule has 1 amide bonds. The maximum Gasteiger partial charge on any atom is 0.220 e. The van der Waals surface area contributed by atoms with Crippen LogP contribution in [0, 0.1) is 11.3 Å². The second kappa shape index (κ2) is 8.54. The number of hydrogen-bond acceptors (Lipinski definition) is 2. The first kappa shape index (κ1) is 18.2. The van der Waals surface area contributed by atoms with Gasteiger partial charge in [0, 0.05) is 17.4 Å². The quantitative estimate of drug-likeness (QED) is 0.780. The summed E-state index contributed by atoms with van der Waals surface area (Å²) in [6.45, 7) is 7.89. The minimum atomic E-state index is 0.108. The molecule has 0 radical (unpaired) electrons. The Balaban J connectivity index is 2.41. The third-order valence-electron chi connectivity index (χ3n) is 3.89. The van der Waals surface area contributed by atoms with E-state index in [0.29, 0.717) is 25.4 Å². The first-order valence-corrected chi connectivity index (χ1v) is 8.34. The van der Waals surface area contributed by atoms with Gasteiger partial charge in [0.1, 0.15) is 0 Å². The average Bonchev–Trinajstić information content (AvgIpc) is 2.41. The van der Waals surface area contributed by atoms with Crippen LogP contribution in [-0.4, -0.2) is 12.5 Å². The number of rotatable bonds is 7. The van der Waals surface area contributed by atoms with E-state index in [-0.39, 0.29) is 11.3 Å². The number of carbonyl (C=O) groups excluding carboxylic acids is 1. The molecule has 0 aliphatic heterocycles. The Morgan fingerprint density at radius 2 is 1.95 bits per heavy atom. The second-order valence-corrected chi connectivity index (χ2v) is 7.40. The zero-order valence-corrected chi connectivity index (χ0v) is 14.9. The van der Waals surface area contributed by atoms with Gasteiger partial charge < -0.3 is 11.1 Å².